The zero-order valence-electron chi connectivity index (χ0n) is 22.7. The SMILES string of the molecule is CCCn1nc(C(C)C)c(C(=O)O)c1Cc1ccc(-c2ccccc2S(=O)(=O)NC(=O)OCC(C)C)c(F)c1. The molecule has 11 heteroatoms. The molecule has 0 fully saturated rings. The van der Waals surface area contributed by atoms with Crippen molar-refractivity contribution in [2.45, 2.75) is 64.8 Å². The van der Waals surface area contributed by atoms with Crippen LogP contribution in [0.4, 0.5) is 9.18 Å². The Kier molecular flexibility index (Phi) is 9.49. The molecular formula is C28H34FN3O6S. The average molecular weight is 560 g/mol. The van der Waals surface area contributed by atoms with Gasteiger partial charge in [-0.1, -0.05) is 65.0 Å². The number of aryl methyl sites for hydroxylation is 1. The van der Waals surface area contributed by atoms with Crippen LogP contribution in [0.25, 0.3) is 11.1 Å². The summed E-state index contributed by atoms with van der Waals surface area (Å²) in [5, 5.41) is 14.4. The van der Waals surface area contributed by atoms with E-state index in [1.165, 1.54) is 30.3 Å². The summed E-state index contributed by atoms with van der Waals surface area (Å²) in [6, 6.07) is 10.1. The van der Waals surface area contributed by atoms with Crippen molar-refractivity contribution in [2.24, 2.45) is 5.92 Å². The Hall–Kier alpha value is -3.73. The normalized spacial score (nSPS) is 11.7. The van der Waals surface area contributed by atoms with Gasteiger partial charge in [0, 0.05) is 24.1 Å². The Bertz CT molecular complexity index is 1460. The van der Waals surface area contributed by atoms with Gasteiger partial charge in [-0.25, -0.2) is 27.1 Å². The van der Waals surface area contributed by atoms with Gasteiger partial charge in [0.15, 0.2) is 0 Å². The number of ether oxygens (including phenoxy) is 1. The molecule has 0 aliphatic carbocycles. The summed E-state index contributed by atoms with van der Waals surface area (Å²) in [4.78, 5) is 23.9. The Labute approximate surface area is 228 Å². The first-order valence-electron chi connectivity index (χ1n) is 12.8. The predicted molar refractivity (Wildman–Crippen MR) is 145 cm³/mol. The van der Waals surface area contributed by atoms with Crippen LogP contribution >= 0.6 is 0 Å². The van der Waals surface area contributed by atoms with Gasteiger partial charge in [-0.05, 0) is 36.0 Å². The smallest absolute Gasteiger partial charge is 0.421 e. The zero-order valence-corrected chi connectivity index (χ0v) is 23.5. The van der Waals surface area contributed by atoms with Gasteiger partial charge >= 0.3 is 12.1 Å². The lowest BCUT2D eigenvalue weighted by Gasteiger charge is -2.14. The third-order valence-corrected chi connectivity index (χ3v) is 7.29. The summed E-state index contributed by atoms with van der Waals surface area (Å²) < 4.78 is 49.8. The van der Waals surface area contributed by atoms with Crippen molar-refractivity contribution in [3.63, 3.8) is 0 Å². The largest absolute Gasteiger partial charge is 0.478 e. The van der Waals surface area contributed by atoms with Crippen LogP contribution in [-0.2, 0) is 27.7 Å². The summed E-state index contributed by atoms with van der Waals surface area (Å²) in [6.07, 6.45) is -0.252. The highest BCUT2D eigenvalue weighted by molar-refractivity contribution is 7.90. The standard InChI is InChI=1S/C28H34FN3O6S/c1-6-13-32-23(25(27(33)34)26(30-32)18(4)5)15-19-11-12-20(22(29)14-19)21-9-7-8-10-24(21)39(36,37)31-28(35)38-16-17(2)3/h7-12,14,17-18H,6,13,15-16H2,1-5H3,(H,31,35)(H,33,34). The lowest BCUT2D eigenvalue weighted by atomic mass is 9.98. The number of rotatable bonds is 11. The maximum atomic E-state index is 15.5. The molecule has 0 saturated carbocycles. The van der Waals surface area contributed by atoms with E-state index in [0.717, 1.165) is 6.42 Å². The molecule has 0 saturated heterocycles. The van der Waals surface area contributed by atoms with Crippen LogP contribution < -0.4 is 4.72 Å². The number of halogens is 1. The molecule has 3 rings (SSSR count). The van der Waals surface area contributed by atoms with Crippen molar-refractivity contribution in [1.29, 1.82) is 0 Å². The minimum atomic E-state index is -4.36. The Morgan fingerprint density at radius 3 is 2.38 bits per heavy atom. The van der Waals surface area contributed by atoms with Gasteiger partial charge in [0.1, 0.15) is 11.4 Å². The monoisotopic (exact) mass is 559 g/mol. The summed E-state index contributed by atoms with van der Waals surface area (Å²) in [6.45, 7) is 9.88. The van der Waals surface area contributed by atoms with E-state index in [0.29, 0.717) is 23.5 Å². The van der Waals surface area contributed by atoms with Gasteiger partial charge in [0.25, 0.3) is 10.0 Å². The van der Waals surface area contributed by atoms with Gasteiger partial charge in [0.2, 0.25) is 0 Å². The molecule has 0 aliphatic heterocycles. The number of amides is 1. The number of sulfonamides is 1. The summed E-state index contributed by atoms with van der Waals surface area (Å²) in [5.74, 6) is -1.88. The number of carbonyl (C=O) groups is 2. The molecule has 1 aromatic heterocycles. The molecule has 3 aromatic rings. The predicted octanol–water partition coefficient (Wildman–Crippen LogP) is 5.58. The van der Waals surface area contributed by atoms with E-state index < -0.39 is 27.9 Å². The number of carbonyl (C=O) groups excluding carboxylic acids is 1. The molecule has 0 aliphatic rings. The topological polar surface area (TPSA) is 128 Å². The number of aromatic carboxylic acids is 1. The molecule has 9 nitrogen and oxygen atoms in total. The number of carboxylic acid groups (broad SMARTS) is 1. The highest BCUT2D eigenvalue weighted by Crippen LogP contribution is 2.31. The molecule has 1 heterocycles. The maximum absolute atomic E-state index is 15.5. The van der Waals surface area contributed by atoms with E-state index in [4.69, 9.17) is 4.74 Å². The van der Waals surface area contributed by atoms with Crippen LogP contribution in [0.2, 0.25) is 0 Å². The Morgan fingerprint density at radius 1 is 1.10 bits per heavy atom. The second-order valence-corrected chi connectivity index (χ2v) is 11.6. The third-order valence-electron chi connectivity index (χ3n) is 5.92. The maximum Gasteiger partial charge on any atom is 0.421 e. The third kappa shape index (κ3) is 7.03. The first kappa shape index (κ1) is 29.8. The average Bonchev–Trinajstić information content (AvgIpc) is 3.21. The van der Waals surface area contributed by atoms with Crippen molar-refractivity contribution in [1.82, 2.24) is 14.5 Å². The number of nitrogens with zero attached hydrogens (tertiary/aromatic N) is 2. The highest BCUT2D eigenvalue weighted by atomic mass is 32.2. The second-order valence-electron chi connectivity index (χ2n) is 9.97. The van der Waals surface area contributed by atoms with Gasteiger partial charge in [-0.3, -0.25) is 4.68 Å². The lowest BCUT2D eigenvalue weighted by Crippen LogP contribution is -2.32. The minimum Gasteiger partial charge on any atom is -0.478 e. The van der Waals surface area contributed by atoms with Gasteiger partial charge in [-0.2, -0.15) is 5.10 Å². The van der Waals surface area contributed by atoms with Crippen LogP contribution in [0.1, 0.15) is 74.3 Å². The van der Waals surface area contributed by atoms with E-state index in [9.17, 15) is 23.1 Å². The van der Waals surface area contributed by atoms with Crippen LogP contribution in [0, 0.1) is 11.7 Å². The fraction of sp³-hybridized carbons (Fsp3) is 0.393. The van der Waals surface area contributed by atoms with Crippen molar-refractivity contribution >= 4 is 22.1 Å². The Balaban J connectivity index is 1.98. The van der Waals surface area contributed by atoms with Gasteiger partial charge in [0.05, 0.1) is 22.9 Å². The van der Waals surface area contributed by atoms with Crippen molar-refractivity contribution in [3.8, 4) is 11.1 Å². The molecule has 2 aromatic carbocycles. The fourth-order valence-corrected chi connectivity index (χ4v) is 5.28. The van der Waals surface area contributed by atoms with Crippen molar-refractivity contribution < 1.29 is 32.2 Å². The van der Waals surface area contributed by atoms with Crippen LogP contribution in [0.15, 0.2) is 47.4 Å². The van der Waals surface area contributed by atoms with Crippen LogP contribution in [0.3, 0.4) is 0 Å². The zero-order chi connectivity index (χ0) is 28.9. The van der Waals surface area contributed by atoms with Crippen molar-refractivity contribution in [2.75, 3.05) is 6.61 Å². The Morgan fingerprint density at radius 2 is 1.79 bits per heavy atom. The van der Waals surface area contributed by atoms with E-state index in [1.807, 2.05) is 39.3 Å². The number of nitrogens with one attached hydrogen (secondary N) is 1. The van der Waals surface area contributed by atoms with Gasteiger partial charge in [-0.15, -0.1) is 0 Å². The number of hydrogen-bond donors (Lipinski definition) is 2. The fourth-order valence-electron chi connectivity index (χ4n) is 4.17. The highest BCUT2D eigenvalue weighted by Gasteiger charge is 2.26. The molecule has 0 unspecified atom stereocenters. The summed E-state index contributed by atoms with van der Waals surface area (Å²) in [7, 11) is -4.36. The second kappa shape index (κ2) is 12.4. The molecule has 39 heavy (non-hydrogen) atoms. The molecule has 0 bridgehead atoms. The summed E-state index contributed by atoms with van der Waals surface area (Å²) in [5.41, 5.74) is 1.65. The van der Waals surface area contributed by atoms with E-state index in [-0.39, 0.29) is 46.4 Å². The van der Waals surface area contributed by atoms with Crippen LogP contribution in [0.5, 0.6) is 0 Å². The molecule has 0 atom stereocenters. The first-order valence-corrected chi connectivity index (χ1v) is 14.2. The molecule has 2 N–H and O–H groups in total. The number of aromatic nitrogens is 2. The van der Waals surface area contributed by atoms with E-state index in [1.54, 1.807) is 16.8 Å². The lowest BCUT2D eigenvalue weighted by molar-refractivity contribution is 0.0694. The molecular weight excluding hydrogens is 525 g/mol. The quantitative estimate of drug-likeness (QED) is 0.314. The first-order chi connectivity index (χ1) is 18.4. The minimum absolute atomic E-state index is 0.0127. The summed E-state index contributed by atoms with van der Waals surface area (Å²) >= 11 is 0. The number of benzene rings is 2. The van der Waals surface area contributed by atoms with Gasteiger partial charge < -0.3 is 9.84 Å². The van der Waals surface area contributed by atoms with E-state index in [2.05, 4.69) is 5.10 Å². The molecule has 0 spiro atoms. The number of carboxylic acids is 1. The molecule has 210 valence electrons. The van der Waals surface area contributed by atoms with Crippen LogP contribution in [-0.4, -0.2) is 42.0 Å². The van der Waals surface area contributed by atoms with Crippen molar-refractivity contribution in [3.05, 3.63) is 70.8 Å². The number of hydrogen-bond acceptors (Lipinski definition) is 6. The molecule has 1 amide bonds. The van der Waals surface area contributed by atoms with E-state index >= 15 is 4.39 Å². The molecule has 0 radical (unpaired) electrons.